The van der Waals surface area contributed by atoms with Gasteiger partial charge in [-0.1, -0.05) is 30.3 Å². The van der Waals surface area contributed by atoms with Gasteiger partial charge in [0, 0.05) is 7.05 Å². The molecule has 8 nitrogen and oxygen atoms in total. The minimum atomic E-state index is -0.709. The van der Waals surface area contributed by atoms with E-state index in [0.29, 0.717) is 0 Å². The van der Waals surface area contributed by atoms with Crippen molar-refractivity contribution in [1.29, 1.82) is 0 Å². The molecule has 8 heteroatoms. The summed E-state index contributed by atoms with van der Waals surface area (Å²) in [6, 6.07) is 8.52. The fraction of sp³-hybridized carbons (Fsp3) is 0.471. The predicted molar refractivity (Wildman–Crippen MR) is 89.3 cm³/mol. The van der Waals surface area contributed by atoms with Crippen LogP contribution >= 0.6 is 0 Å². The van der Waals surface area contributed by atoms with Crippen molar-refractivity contribution in [3.63, 3.8) is 0 Å². The molecule has 1 atom stereocenters. The van der Waals surface area contributed by atoms with Crippen LogP contribution in [0, 0.1) is 0 Å². The second-order valence-electron chi connectivity index (χ2n) is 6.68. The molecule has 1 fully saturated rings. The molecule has 1 N–H and O–H groups in total. The van der Waals surface area contributed by atoms with E-state index in [1.807, 2.05) is 30.3 Å². The number of nitrogens with zero attached hydrogens (tertiary/aromatic N) is 2. The van der Waals surface area contributed by atoms with E-state index in [4.69, 9.17) is 9.47 Å². The van der Waals surface area contributed by atoms with Crippen molar-refractivity contribution in [3.8, 4) is 0 Å². The molecule has 1 aromatic rings. The molecule has 3 amide bonds. The second-order valence-corrected chi connectivity index (χ2v) is 6.68. The summed E-state index contributed by atoms with van der Waals surface area (Å²) >= 11 is 0. The minimum absolute atomic E-state index is 0.117. The Morgan fingerprint density at radius 1 is 1.28 bits per heavy atom. The number of carbonyl (C=O) groups excluding carboxylic acids is 3. The maximum Gasteiger partial charge on any atom is 0.428 e. The van der Waals surface area contributed by atoms with Crippen molar-refractivity contribution in [2.75, 3.05) is 13.6 Å². The lowest BCUT2D eigenvalue weighted by molar-refractivity contribution is -0.162. The molecule has 0 aromatic heterocycles. The van der Waals surface area contributed by atoms with Gasteiger partial charge in [0.25, 0.3) is 5.91 Å². The van der Waals surface area contributed by atoms with E-state index in [1.54, 1.807) is 20.8 Å². The Labute approximate surface area is 146 Å². The number of nitrogens with one attached hydrogen (secondary N) is 1. The number of carbonyl (C=O) groups is 3. The molecule has 1 aliphatic heterocycles. The van der Waals surface area contributed by atoms with E-state index in [9.17, 15) is 14.4 Å². The van der Waals surface area contributed by atoms with E-state index < -0.39 is 29.7 Å². The summed E-state index contributed by atoms with van der Waals surface area (Å²) in [5.74, 6) is -0.398. The highest BCUT2D eigenvalue weighted by Crippen LogP contribution is 2.15. The standard InChI is InChI=1S/C17H23N3O5/c1-17(2,3)25-15(22)18-13-10-20(14(13)21)19(4)16(23)24-11-12-8-6-5-7-9-12/h5-9,13H,10-11H2,1-4H3,(H,18,22)/t13-/m0/s1. The Morgan fingerprint density at radius 3 is 2.48 bits per heavy atom. The quantitative estimate of drug-likeness (QED) is 0.839. The third-order valence-electron chi connectivity index (χ3n) is 3.43. The monoisotopic (exact) mass is 349 g/mol. The molecule has 0 unspecified atom stereocenters. The number of hydrogen-bond acceptors (Lipinski definition) is 5. The molecule has 0 radical (unpaired) electrons. The van der Waals surface area contributed by atoms with Crippen LogP contribution in [0.1, 0.15) is 26.3 Å². The van der Waals surface area contributed by atoms with Crippen molar-refractivity contribution in [1.82, 2.24) is 15.3 Å². The van der Waals surface area contributed by atoms with Gasteiger partial charge in [-0.2, -0.15) is 0 Å². The summed E-state index contributed by atoms with van der Waals surface area (Å²) < 4.78 is 10.3. The van der Waals surface area contributed by atoms with Crippen LogP contribution in [0.25, 0.3) is 0 Å². The first-order valence-electron chi connectivity index (χ1n) is 7.92. The second kappa shape index (κ2) is 7.42. The SMILES string of the molecule is CN(C(=O)OCc1ccccc1)N1C[C@H](NC(=O)OC(C)(C)C)C1=O. The summed E-state index contributed by atoms with van der Waals surface area (Å²) in [6.07, 6.45) is -1.31. The topological polar surface area (TPSA) is 88.2 Å². The Balaban J connectivity index is 1.78. The number of rotatable bonds is 4. The van der Waals surface area contributed by atoms with E-state index in [2.05, 4.69) is 5.32 Å². The van der Waals surface area contributed by atoms with Crippen LogP contribution in [0.4, 0.5) is 9.59 Å². The van der Waals surface area contributed by atoms with Crippen LogP contribution in [0.2, 0.25) is 0 Å². The van der Waals surface area contributed by atoms with Crippen LogP contribution < -0.4 is 5.32 Å². The molecular weight excluding hydrogens is 326 g/mol. The lowest BCUT2D eigenvalue weighted by atomic mass is 10.1. The first-order chi connectivity index (χ1) is 11.7. The van der Waals surface area contributed by atoms with E-state index >= 15 is 0 Å². The number of amides is 3. The molecule has 0 saturated carbocycles. The van der Waals surface area contributed by atoms with Gasteiger partial charge < -0.3 is 14.8 Å². The Hall–Kier alpha value is -2.77. The van der Waals surface area contributed by atoms with Gasteiger partial charge in [0.05, 0.1) is 6.54 Å². The van der Waals surface area contributed by atoms with Gasteiger partial charge in [-0.25, -0.2) is 19.6 Å². The molecule has 0 aliphatic carbocycles. The smallest absolute Gasteiger partial charge is 0.428 e. The normalized spacial score (nSPS) is 16.7. The van der Waals surface area contributed by atoms with Crippen molar-refractivity contribution in [3.05, 3.63) is 35.9 Å². The highest BCUT2D eigenvalue weighted by molar-refractivity contribution is 5.92. The lowest BCUT2D eigenvalue weighted by Crippen LogP contribution is -2.69. The first-order valence-corrected chi connectivity index (χ1v) is 7.92. The van der Waals surface area contributed by atoms with Crippen molar-refractivity contribution < 1.29 is 23.9 Å². The maximum absolute atomic E-state index is 12.1. The number of hydrogen-bond donors (Lipinski definition) is 1. The maximum atomic E-state index is 12.1. The molecule has 25 heavy (non-hydrogen) atoms. The molecule has 0 bridgehead atoms. The summed E-state index contributed by atoms with van der Waals surface area (Å²) in [5.41, 5.74) is 0.206. The molecule has 1 saturated heterocycles. The van der Waals surface area contributed by atoms with Gasteiger partial charge in [-0.15, -0.1) is 0 Å². The zero-order chi connectivity index (χ0) is 18.6. The van der Waals surface area contributed by atoms with Gasteiger partial charge in [0.1, 0.15) is 18.2 Å². The van der Waals surface area contributed by atoms with Crippen molar-refractivity contribution in [2.45, 2.75) is 39.0 Å². The van der Waals surface area contributed by atoms with Crippen LogP contribution in [0.5, 0.6) is 0 Å². The number of benzene rings is 1. The highest BCUT2D eigenvalue weighted by atomic mass is 16.6. The first kappa shape index (κ1) is 18.6. The van der Waals surface area contributed by atoms with Gasteiger partial charge in [-0.3, -0.25) is 4.79 Å². The zero-order valence-corrected chi connectivity index (χ0v) is 14.8. The summed E-state index contributed by atoms with van der Waals surface area (Å²) in [6.45, 7) is 5.49. The Morgan fingerprint density at radius 2 is 1.92 bits per heavy atom. The van der Waals surface area contributed by atoms with Crippen LogP contribution in [-0.2, 0) is 20.9 Å². The molecule has 1 aromatic carbocycles. The van der Waals surface area contributed by atoms with E-state index in [1.165, 1.54) is 12.1 Å². The van der Waals surface area contributed by atoms with Crippen molar-refractivity contribution in [2.24, 2.45) is 0 Å². The average molecular weight is 349 g/mol. The summed E-state index contributed by atoms with van der Waals surface area (Å²) in [7, 11) is 1.44. The van der Waals surface area contributed by atoms with Gasteiger partial charge in [0.15, 0.2) is 0 Å². The molecule has 0 spiro atoms. The van der Waals surface area contributed by atoms with Gasteiger partial charge >= 0.3 is 12.2 Å². The molecular formula is C17H23N3O5. The lowest BCUT2D eigenvalue weighted by Gasteiger charge is -2.42. The predicted octanol–water partition coefficient (Wildman–Crippen LogP) is 1.91. The molecule has 2 rings (SSSR count). The Bertz CT molecular complexity index is 641. The third-order valence-corrected chi connectivity index (χ3v) is 3.43. The Kier molecular flexibility index (Phi) is 5.51. The summed E-state index contributed by atoms with van der Waals surface area (Å²) in [5, 5.41) is 4.77. The largest absolute Gasteiger partial charge is 0.444 e. The zero-order valence-electron chi connectivity index (χ0n) is 14.8. The molecule has 1 heterocycles. The molecule has 1 aliphatic rings. The number of alkyl carbamates (subject to hydrolysis) is 1. The average Bonchev–Trinajstić information content (AvgIpc) is 2.54. The summed E-state index contributed by atoms with van der Waals surface area (Å²) in [4.78, 5) is 35.8. The highest BCUT2D eigenvalue weighted by Gasteiger charge is 2.42. The molecule has 136 valence electrons. The van der Waals surface area contributed by atoms with Crippen LogP contribution in [0.15, 0.2) is 30.3 Å². The van der Waals surface area contributed by atoms with Gasteiger partial charge in [0.2, 0.25) is 0 Å². The van der Waals surface area contributed by atoms with Gasteiger partial charge in [-0.05, 0) is 26.3 Å². The van der Waals surface area contributed by atoms with Crippen LogP contribution in [-0.4, -0.2) is 53.3 Å². The van der Waals surface area contributed by atoms with Crippen LogP contribution in [0.3, 0.4) is 0 Å². The van der Waals surface area contributed by atoms with Crippen molar-refractivity contribution >= 4 is 18.1 Å². The van der Waals surface area contributed by atoms with E-state index in [-0.39, 0.29) is 13.2 Å². The fourth-order valence-corrected chi connectivity index (χ4v) is 2.15. The number of β-lactam (4-membered cyclic amide) rings is 1. The number of ether oxygens (including phenoxy) is 2. The third kappa shape index (κ3) is 5.10. The minimum Gasteiger partial charge on any atom is -0.444 e. The fourth-order valence-electron chi connectivity index (χ4n) is 2.15. The number of hydrazine groups is 1. The van der Waals surface area contributed by atoms with E-state index in [0.717, 1.165) is 10.6 Å².